The summed E-state index contributed by atoms with van der Waals surface area (Å²) in [6, 6.07) is 6.83. The van der Waals surface area contributed by atoms with Gasteiger partial charge in [-0.15, -0.1) is 0 Å². The van der Waals surface area contributed by atoms with Gasteiger partial charge in [-0.25, -0.2) is 4.79 Å². The number of anilines is 1. The molecule has 38 heavy (non-hydrogen) atoms. The van der Waals surface area contributed by atoms with Crippen LogP contribution in [0.5, 0.6) is 0 Å². The lowest BCUT2D eigenvalue weighted by atomic mass is 9.85. The van der Waals surface area contributed by atoms with Crippen molar-refractivity contribution in [2.24, 2.45) is 22.7 Å². The maximum Gasteiger partial charge on any atom is 0.407 e. The van der Waals surface area contributed by atoms with E-state index in [0.29, 0.717) is 12.2 Å². The van der Waals surface area contributed by atoms with E-state index >= 15 is 0 Å². The smallest absolute Gasteiger partial charge is 0.407 e. The summed E-state index contributed by atoms with van der Waals surface area (Å²) in [6.45, 7) is 11.9. The van der Waals surface area contributed by atoms with Crippen LogP contribution < -0.4 is 16.0 Å². The van der Waals surface area contributed by atoms with E-state index in [9.17, 15) is 24.4 Å². The summed E-state index contributed by atoms with van der Waals surface area (Å²) in [5.41, 5.74) is 0.747. The van der Waals surface area contributed by atoms with E-state index in [0.717, 1.165) is 5.56 Å². The zero-order chi connectivity index (χ0) is 28.0. The number of rotatable bonds is 7. The number of nitrogens with one attached hydrogen (secondary N) is 3. The van der Waals surface area contributed by atoms with Gasteiger partial charge in [-0.05, 0) is 47.6 Å². The Morgan fingerprint density at radius 2 is 1.92 bits per heavy atom. The number of piperidine rings is 1. The van der Waals surface area contributed by atoms with Crippen LogP contribution in [-0.4, -0.2) is 60.0 Å². The van der Waals surface area contributed by atoms with Gasteiger partial charge in [0.15, 0.2) is 0 Å². The van der Waals surface area contributed by atoms with Crippen molar-refractivity contribution >= 4 is 29.5 Å². The Balaban J connectivity index is 1.53. The predicted octanol–water partition coefficient (Wildman–Crippen LogP) is 2.76. The van der Waals surface area contributed by atoms with E-state index in [1.807, 2.05) is 39.0 Å². The Kier molecular flexibility index (Phi) is 7.17. The van der Waals surface area contributed by atoms with Crippen LogP contribution in [0.1, 0.15) is 59.4 Å². The fourth-order valence-electron chi connectivity index (χ4n) is 6.06. The summed E-state index contributed by atoms with van der Waals surface area (Å²) < 4.78 is 5.01. The number of hydrogen-bond acceptors (Lipinski definition) is 6. The van der Waals surface area contributed by atoms with Crippen LogP contribution >= 0.6 is 0 Å². The molecule has 2 aliphatic heterocycles. The van der Waals surface area contributed by atoms with Crippen molar-refractivity contribution in [3.8, 4) is 6.07 Å². The molecule has 204 valence electrons. The zero-order valence-electron chi connectivity index (χ0n) is 22.8. The van der Waals surface area contributed by atoms with Gasteiger partial charge in [-0.3, -0.25) is 14.4 Å². The fourth-order valence-corrected chi connectivity index (χ4v) is 6.06. The Labute approximate surface area is 223 Å². The molecular formula is C28H37N5O5. The van der Waals surface area contributed by atoms with Crippen LogP contribution in [0, 0.1) is 34.0 Å². The number of alkyl carbamates (subject to hydrolysis) is 1. The molecule has 2 heterocycles. The summed E-state index contributed by atoms with van der Waals surface area (Å²) in [4.78, 5) is 53.8. The monoisotopic (exact) mass is 523 g/mol. The number of ether oxygens (including phenoxy) is 1. The minimum atomic E-state index is -0.918. The number of carbonyl (C=O) groups excluding carboxylic acids is 4. The van der Waals surface area contributed by atoms with Crippen LogP contribution in [0.4, 0.5) is 10.5 Å². The molecule has 0 radical (unpaired) electrons. The number of amides is 4. The molecule has 2 fully saturated rings. The first kappa shape index (κ1) is 27.4. The van der Waals surface area contributed by atoms with Gasteiger partial charge < -0.3 is 25.6 Å². The van der Waals surface area contributed by atoms with E-state index in [4.69, 9.17) is 4.74 Å². The normalized spacial score (nSPS) is 26.2. The molecular weight excluding hydrogens is 486 g/mol. The second kappa shape index (κ2) is 9.93. The summed E-state index contributed by atoms with van der Waals surface area (Å²) in [6.07, 6.45) is -0.565. The summed E-state index contributed by atoms with van der Waals surface area (Å²) in [5, 5.41) is 18.2. The summed E-state index contributed by atoms with van der Waals surface area (Å²) in [7, 11) is 0. The van der Waals surface area contributed by atoms with Crippen LogP contribution in [0.15, 0.2) is 24.3 Å². The third-order valence-electron chi connectivity index (χ3n) is 8.27. The summed E-state index contributed by atoms with van der Waals surface area (Å²) in [5.74, 6) is -1.46. The molecule has 0 bridgehead atoms. The van der Waals surface area contributed by atoms with Gasteiger partial charge in [0.25, 0.3) is 0 Å². The molecule has 10 heteroatoms. The minimum Gasteiger partial charge on any atom is -0.450 e. The quantitative estimate of drug-likeness (QED) is 0.502. The second-order valence-corrected chi connectivity index (χ2v) is 12.1. The number of fused-ring (bicyclic) bond motifs is 2. The van der Waals surface area contributed by atoms with Gasteiger partial charge >= 0.3 is 6.09 Å². The summed E-state index contributed by atoms with van der Waals surface area (Å²) >= 11 is 0. The first-order valence-corrected chi connectivity index (χ1v) is 13.1. The number of benzene rings is 1. The number of para-hydroxylation sites is 1. The molecule has 1 saturated carbocycles. The first-order chi connectivity index (χ1) is 17.8. The van der Waals surface area contributed by atoms with Crippen molar-refractivity contribution in [3.63, 3.8) is 0 Å². The molecule has 1 aromatic rings. The molecule has 0 spiro atoms. The van der Waals surface area contributed by atoms with Gasteiger partial charge in [0.05, 0.1) is 18.6 Å². The molecule has 3 N–H and O–H groups in total. The number of likely N-dealkylation sites (tertiary alicyclic amines) is 1. The first-order valence-electron chi connectivity index (χ1n) is 13.1. The van der Waals surface area contributed by atoms with Gasteiger partial charge in [-0.2, -0.15) is 5.26 Å². The van der Waals surface area contributed by atoms with Crippen LogP contribution in [0.3, 0.4) is 0 Å². The third kappa shape index (κ3) is 4.94. The van der Waals surface area contributed by atoms with Gasteiger partial charge in [0.1, 0.15) is 18.1 Å². The molecule has 1 aromatic carbocycles. The van der Waals surface area contributed by atoms with E-state index in [1.165, 1.54) is 0 Å². The minimum absolute atomic E-state index is 0.0653. The molecule has 4 amide bonds. The molecule has 0 aromatic heterocycles. The fraction of sp³-hybridized carbons (Fsp3) is 0.607. The predicted molar refractivity (Wildman–Crippen MR) is 140 cm³/mol. The van der Waals surface area contributed by atoms with Gasteiger partial charge in [0, 0.05) is 12.2 Å². The van der Waals surface area contributed by atoms with E-state index in [-0.39, 0.29) is 42.1 Å². The van der Waals surface area contributed by atoms with Gasteiger partial charge in [0.2, 0.25) is 17.7 Å². The van der Waals surface area contributed by atoms with E-state index in [1.54, 1.807) is 17.9 Å². The van der Waals surface area contributed by atoms with E-state index < -0.39 is 41.5 Å². The SMILES string of the molecule is CCOC(=O)N[C@H](C(=O)N1CC2[C@H](C1C(=O)N[C@H](C#N)CC1C(=O)Nc3ccccc31)C2(C)C)C(C)(C)C. The standard InChI is InChI=1S/C28H37N5O5/c1-7-38-26(37)32-22(27(2,3)4)25(36)33-14-18-20(28(18,5)6)21(33)24(35)30-15(13-29)12-17-16-10-8-9-11-19(16)31-23(17)34/h8-11,15,17-18,20-22H,7,12,14H2,1-6H3,(H,30,35)(H,31,34)(H,32,37)/t15-,17?,18?,20+,21?,22+/m0/s1. The molecule has 1 aliphatic carbocycles. The Morgan fingerprint density at radius 1 is 1.24 bits per heavy atom. The van der Waals surface area contributed by atoms with Crippen molar-refractivity contribution in [3.05, 3.63) is 29.8 Å². The number of hydrogen-bond donors (Lipinski definition) is 3. The van der Waals surface area contributed by atoms with Crippen LogP contribution in [0.25, 0.3) is 0 Å². The van der Waals surface area contributed by atoms with Crippen molar-refractivity contribution < 1.29 is 23.9 Å². The highest BCUT2D eigenvalue weighted by Crippen LogP contribution is 2.65. The average molecular weight is 524 g/mol. The van der Waals surface area contributed by atoms with Crippen molar-refractivity contribution in [2.75, 3.05) is 18.5 Å². The highest BCUT2D eigenvalue weighted by atomic mass is 16.5. The maximum absolute atomic E-state index is 13.8. The zero-order valence-corrected chi connectivity index (χ0v) is 22.8. The number of nitrogens with zero attached hydrogens (tertiary/aromatic N) is 2. The highest BCUT2D eigenvalue weighted by Gasteiger charge is 2.69. The molecule has 10 nitrogen and oxygen atoms in total. The second-order valence-electron chi connectivity index (χ2n) is 12.1. The van der Waals surface area contributed by atoms with E-state index in [2.05, 4.69) is 35.9 Å². The third-order valence-corrected chi connectivity index (χ3v) is 8.27. The highest BCUT2D eigenvalue weighted by molar-refractivity contribution is 6.03. The largest absolute Gasteiger partial charge is 0.450 e. The van der Waals surface area contributed by atoms with Gasteiger partial charge in [-0.1, -0.05) is 52.8 Å². The molecule has 6 atom stereocenters. The molecule has 3 unspecified atom stereocenters. The molecule has 1 saturated heterocycles. The average Bonchev–Trinajstić information content (AvgIpc) is 3.16. The van der Waals surface area contributed by atoms with Crippen LogP contribution in [-0.2, 0) is 19.1 Å². The van der Waals surface area contributed by atoms with Crippen molar-refractivity contribution in [1.29, 1.82) is 5.26 Å². The Hall–Kier alpha value is -3.61. The van der Waals surface area contributed by atoms with Crippen LogP contribution in [0.2, 0.25) is 0 Å². The maximum atomic E-state index is 13.8. The Bertz CT molecular complexity index is 1180. The lowest BCUT2D eigenvalue weighted by Gasteiger charge is -2.37. The number of nitriles is 1. The lowest BCUT2D eigenvalue weighted by Crippen LogP contribution is -2.59. The topological polar surface area (TPSA) is 141 Å². The number of carbonyl (C=O) groups is 4. The Morgan fingerprint density at radius 3 is 2.55 bits per heavy atom. The van der Waals surface area contributed by atoms with Crippen molar-refractivity contribution in [1.82, 2.24) is 15.5 Å². The molecule has 3 aliphatic rings. The lowest BCUT2D eigenvalue weighted by molar-refractivity contribution is -0.144. The van der Waals surface area contributed by atoms with Crippen molar-refractivity contribution in [2.45, 2.75) is 72.0 Å². The molecule has 4 rings (SSSR count).